The Morgan fingerprint density at radius 3 is 2.47 bits per heavy atom. The molecule has 7 nitrogen and oxygen atoms in total. The van der Waals surface area contributed by atoms with Gasteiger partial charge in [0.05, 0.1) is 10.9 Å². The van der Waals surface area contributed by atoms with Gasteiger partial charge < -0.3 is 10.1 Å². The molecule has 0 aromatic heterocycles. The largest absolute Gasteiger partial charge is 0.456 e. The Morgan fingerprint density at radius 1 is 1.09 bits per heavy atom. The smallest absolute Gasteiger partial charge is 0.306 e. The maximum Gasteiger partial charge on any atom is 0.306 e. The molecule has 184 valence electrons. The molecule has 3 rings (SSSR count). The Kier molecular flexibility index (Phi) is 8.79. The van der Waals surface area contributed by atoms with Crippen LogP contribution in [0.5, 0.6) is 0 Å². The van der Waals surface area contributed by atoms with Crippen molar-refractivity contribution in [1.82, 2.24) is 9.62 Å². The summed E-state index contributed by atoms with van der Waals surface area (Å²) in [6.45, 7) is 1.58. The van der Waals surface area contributed by atoms with Crippen molar-refractivity contribution >= 4 is 21.9 Å². The standard InChI is InChI=1S/C25H31FN2O5S/c1-18(20-10-9-19-6-3-4-7-21(19)16-20)27-24(29)17-33-25(30)8-5-15-28(2)34(31,32)23-13-11-22(26)12-14-23/h9-14,16,18H,3-8,15,17H2,1-2H3,(H,27,29). The van der Waals surface area contributed by atoms with E-state index in [1.165, 1.54) is 43.1 Å². The minimum Gasteiger partial charge on any atom is -0.456 e. The van der Waals surface area contributed by atoms with Crippen LogP contribution in [0.15, 0.2) is 47.4 Å². The van der Waals surface area contributed by atoms with Gasteiger partial charge in [0.2, 0.25) is 10.0 Å². The van der Waals surface area contributed by atoms with Crippen LogP contribution in [0.4, 0.5) is 4.39 Å². The third-order valence-corrected chi connectivity index (χ3v) is 7.86. The first-order valence-electron chi connectivity index (χ1n) is 11.5. The van der Waals surface area contributed by atoms with E-state index in [0.29, 0.717) is 0 Å². The van der Waals surface area contributed by atoms with Gasteiger partial charge in [0, 0.05) is 20.0 Å². The molecule has 0 fully saturated rings. The van der Waals surface area contributed by atoms with E-state index in [2.05, 4.69) is 17.4 Å². The zero-order chi connectivity index (χ0) is 24.7. The van der Waals surface area contributed by atoms with Crippen molar-refractivity contribution in [3.05, 3.63) is 65.0 Å². The number of esters is 1. The lowest BCUT2D eigenvalue weighted by Gasteiger charge is -2.20. The predicted molar refractivity (Wildman–Crippen MR) is 126 cm³/mol. The lowest BCUT2D eigenvalue weighted by atomic mass is 9.89. The second kappa shape index (κ2) is 11.6. The number of carbonyl (C=O) groups is 2. The van der Waals surface area contributed by atoms with Gasteiger partial charge in [-0.05, 0) is 80.0 Å². The van der Waals surface area contributed by atoms with Crippen LogP contribution in [0.25, 0.3) is 0 Å². The van der Waals surface area contributed by atoms with Crippen molar-refractivity contribution in [2.75, 3.05) is 20.2 Å². The summed E-state index contributed by atoms with van der Waals surface area (Å²) >= 11 is 0. The molecule has 1 aliphatic rings. The molecular formula is C25H31FN2O5S. The zero-order valence-corrected chi connectivity index (χ0v) is 20.4. The molecule has 0 bridgehead atoms. The van der Waals surface area contributed by atoms with E-state index in [-0.39, 0.29) is 30.3 Å². The molecular weight excluding hydrogens is 459 g/mol. The molecule has 2 aromatic carbocycles. The number of aryl methyl sites for hydroxylation is 2. The molecule has 1 amide bonds. The van der Waals surface area contributed by atoms with E-state index in [9.17, 15) is 22.4 Å². The number of nitrogens with one attached hydrogen (secondary N) is 1. The molecule has 0 saturated heterocycles. The van der Waals surface area contributed by atoms with Gasteiger partial charge in [0.1, 0.15) is 5.82 Å². The Bertz CT molecular complexity index is 1120. The van der Waals surface area contributed by atoms with Gasteiger partial charge >= 0.3 is 5.97 Å². The highest BCUT2D eigenvalue weighted by molar-refractivity contribution is 7.89. The van der Waals surface area contributed by atoms with Crippen molar-refractivity contribution in [2.45, 2.75) is 56.4 Å². The van der Waals surface area contributed by atoms with Crippen LogP contribution >= 0.6 is 0 Å². The molecule has 0 radical (unpaired) electrons. The maximum atomic E-state index is 13.0. The van der Waals surface area contributed by atoms with Crippen molar-refractivity contribution < 1.29 is 27.1 Å². The first kappa shape index (κ1) is 25.8. The van der Waals surface area contributed by atoms with Crippen LogP contribution in [0.3, 0.4) is 0 Å². The highest BCUT2D eigenvalue weighted by atomic mass is 32.2. The topological polar surface area (TPSA) is 92.8 Å². The second-order valence-corrected chi connectivity index (χ2v) is 10.6. The number of carbonyl (C=O) groups excluding carboxylic acids is 2. The molecule has 0 aliphatic heterocycles. The average Bonchev–Trinajstić information content (AvgIpc) is 2.82. The van der Waals surface area contributed by atoms with Crippen LogP contribution in [0, 0.1) is 5.82 Å². The fraction of sp³-hybridized carbons (Fsp3) is 0.440. The van der Waals surface area contributed by atoms with Gasteiger partial charge in [-0.15, -0.1) is 0 Å². The molecule has 0 spiro atoms. The van der Waals surface area contributed by atoms with Gasteiger partial charge in [-0.1, -0.05) is 18.2 Å². The van der Waals surface area contributed by atoms with E-state index >= 15 is 0 Å². The van der Waals surface area contributed by atoms with Crippen LogP contribution in [0.2, 0.25) is 0 Å². The number of hydrogen-bond donors (Lipinski definition) is 1. The molecule has 0 heterocycles. The van der Waals surface area contributed by atoms with Crippen LogP contribution in [0.1, 0.15) is 55.3 Å². The number of rotatable bonds is 10. The molecule has 1 N–H and O–H groups in total. The highest BCUT2D eigenvalue weighted by Crippen LogP contribution is 2.24. The monoisotopic (exact) mass is 490 g/mol. The lowest BCUT2D eigenvalue weighted by molar-refractivity contribution is -0.148. The number of sulfonamides is 1. The van der Waals surface area contributed by atoms with Crippen molar-refractivity contribution in [3.63, 3.8) is 0 Å². The number of amides is 1. The quantitative estimate of drug-likeness (QED) is 0.515. The Balaban J connectivity index is 1.39. The minimum absolute atomic E-state index is 0.0244. The van der Waals surface area contributed by atoms with Gasteiger partial charge in [-0.25, -0.2) is 17.1 Å². The third kappa shape index (κ3) is 6.87. The van der Waals surface area contributed by atoms with Crippen LogP contribution < -0.4 is 5.32 Å². The molecule has 1 aliphatic carbocycles. The third-order valence-electron chi connectivity index (χ3n) is 5.99. The van der Waals surface area contributed by atoms with Crippen molar-refractivity contribution in [2.24, 2.45) is 0 Å². The average molecular weight is 491 g/mol. The van der Waals surface area contributed by atoms with E-state index in [1.54, 1.807) is 0 Å². The molecule has 0 saturated carbocycles. The first-order chi connectivity index (χ1) is 16.2. The lowest BCUT2D eigenvalue weighted by Crippen LogP contribution is -2.31. The second-order valence-electron chi connectivity index (χ2n) is 8.57. The summed E-state index contributed by atoms with van der Waals surface area (Å²) in [5.41, 5.74) is 3.73. The summed E-state index contributed by atoms with van der Waals surface area (Å²) in [6, 6.07) is 10.6. The Morgan fingerprint density at radius 2 is 1.76 bits per heavy atom. The normalized spacial score (nSPS) is 14.4. The van der Waals surface area contributed by atoms with E-state index < -0.39 is 34.3 Å². The van der Waals surface area contributed by atoms with Crippen molar-refractivity contribution in [3.8, 4) is 0 Å². The molecule has 2 aromatic rings. The summed E-state index contributed by atoms with van der Waals surface area (Å²) in [7, 11) is -2.39. The Hall–Kier alpha value is -2.78. The fourth-order valence-corrected chi connectivity index (χ4v) is 5.17. The van der Waals surface area contributed by atoms with E-state index in [0.717, 1.165) is 34.8 Å². The van der Waals surface area contributed by atoms with Gasteiger partial charge in [-0.2, -0.15) is 0 Å². The van der Waals surface area contributed by atoms with Gasteiger partial charge in [-0.3, -0.25) is 9.59 Å². The van der Waals surface area contributed by atoms with Crippen LogP contribution in [-0.2, 0) is 37.2 Å². The van der Waals surface area contributed by atoms with E-state index in [1.807, 2.05) is 13.0 Å². The fourth-order valence-electron chi connectivity index (χ4n) is 3.96. The number of nitrogens with zero attached hydrogens (tertiary/aromatic N) is 1. The molecule has 1 atom stereocenters. The summed E-state index contributed by atoms with van der Waals surface area (Å²) in [5, 5.41) is 2.84. The zero-order valence-electron chi connectivity index (χ0n) is 19.6. The highest BCUT2D eigenvalue weighted by Gasteiger charge is 2.21. The van der Waals surface area contributed by atoms with Crippen molar-refractivity contribution in [1.29, 1.82) is 0 Å². The summed E-state index contributed by atoms with van der Waals surface area (Å²) in [6.07, 6.45) is 4.74. The number of halogens is 1. The summed E-state index contributed by atoms with van der Waals surface area (Å²) < 4.78 is 44.1. The molecule has 1 unspecified atom stereocenters. The molecule has 34 heavy (non-hydrogen) atoms. The molecule has 9 heteroatoms. The van der Waals surface area contributed by atoms with E-state index in [4.69, 9.17) is 4.74 Å². The van der Waals surface area contributed by atoms with Crippen LogP contribution in [-0.4, -0.2) is 44.8 Å². The maximum absolute atomic E-state index is 13.0. The number of benzene rings is 2. The van der Waals surface area contributed by atoms with Gasteiger partial charge in [0.25, 0.3) is 5.91 Å². The minimum atomic E-state index is -3.77. The SMILES string of the molecule is CC(NC(=O)COC(=O)CCCN(C)S(=O)(=O)c1ccc(F)cc1)c1ccc2c(c1)CCCC2. The number of fused-ring (bicyclic) bond motifs is 1. The summed E-state index contributed by atoms with van der Waals surface area (Å²) in [4.78, 5) is 24.2. The van der Waals surface area contributed by atoms with Gasteiger partial charge in [0.15, 0.2) is 6.61 Å². The number of ether oxygens (including phenoxy) is 1. The number of hydrogen-bond acceptors (Lipinski definition) is 5. The Labute approximate surface area is 200 Å². The predicted octanol–water partition coefficient (Wildman–Crippen LogP) is 3.53. The summed E-state index contributed by atoms with van der Waals surface area (Å²) in [5.74, 6) is -1.50. The first-order valence-corrected chi connectivity index (χ1v) is 12.9.